The van der Waals surface area contributed by atoms with Gasteiger partial charge in [0.05, 0.1) is 4.92 Å². The van der Waals surface area contributed by atoms with Gasteiger partial charge in [-0.15, -0.1) is 0 Å². The number of nitro groups is 1. The number of carbonyl (C=O) groups excluding carboxylic acids is 1. The lowest BCUT2D eigenvalue weighted by Gasteiger charge is -2.17. The van der Waals surface area contributed by atoms with Gasteiger partial charge in [-0.1, -0.05) is 37.3 Å². The minimum absolute atomic E-state index is 0.0848. The van der Waals surface area contributed by atoms with Crippen molar-refractivity contribution >= 4 is 34.8 Å². The molecule has 0 aliphatic heterocycles. The molecule has 1 aliphatic rings. The van der Waals surface area contributed by atoms with Crippen molar-refractivity contribution in [3.05, 3.63) is 51.3 Å². The number of rotatable bonds is 6. The minimum atomic E-state index is -0.560. The van der Waals surface area contributed by atoms with Crippen molar-refractivity contribution in [1.29, 1.82) is 0 Å². The number of nitrogens with one attached hydrogen (secondary N) is 3. The van der Waals surface area contributed by atoms with E-state index in [9.17, 15) is 14.9 Å². The molecule has 0 unspecified atom stereocenters. The number of hydrazine groups is 1. The minimum Gasteiger partial charge on any atom is -0.361 e. The molecule has 10 heteroatoms. The topological polar surface area (TPSA) is 122 Å². The Labute approximate surface area is 167 Å². The first-order valence-corrected chi connectivity index (χ1v) is 9.50. The van der Waals surface area contributed by atoms with Crippen LogP contribution >= 0.6 is 11.6 Å². The van der Waals surface area contributed by atoms with Crippen molar-refractivity contribution in [3.8, 4) is 0 Å². The first kappa shape index (κ1) is 19.8. The smallest absolute Gasteiger partial charge is 0.354 e. The summed E-state index contributed by atoms with van der Waals surface area (Å²) in [6.45, 7) is 0. The fraction of sp³-hybridized carbons (Fsp3) is 0.389. The average Bonchev–Trinajstić information content (AvgIpc) is 2.95. The van der Waals surface area contributed by atoms with Crippen LogP contribution in [-0.4, -0.2) is 26.8 Å². The van der Waals surface area contributed by atoms with Crippen LogP contribution in [0.3, 0.4) is 0 Å². The molecule has 1 heterocycles. The quantitative estimate of drug-likeness (QED) is 0.378. The molecule has 148 valence electrons. The molecule has 1 fully saturated rings. The predicted octanol–water partition coefficient (Wildman–Crippen LogP) is 3.93. The van der Waals surface area contributed by atoms with E-state index < -0.39 is 10.8 Å². The molecule has 1 aliphatic carbocycles. The molecule has 2 aromatic rings. The molecule has 0 radical (unpaired) electrons. The van der Waals surface area contributed by atoms with Crippen LogP contribution in [0.4, 0.5) is 17.3 Å². The summed E-state index contributed by atoms with van der Waals surface area (Å²) in [5.74, 6) is -0.406. The van der Waals surface area contributed by atoms with Gasteiger partial charge in [0.25, 0.3) is 5.91 Å². The highest BCUT2D eigenvalue weighted by atomic mass is 35.5. The van der Waals surface area contributed by atoms with Gasteiger partial charge in [-0.05, 0) is 37.1 Å². The number of amides is 1. The lowest BCUT2D eigenvalue weighted by molar-refractivity contribution is -0.383. The van der Waals surface area contributed by atoms with Gasteiger partial charge in [-0.25, -0.2) is 9.97 Å². The lowest BCUT2D eigenvalue weighted by atomic mass is 10.1. The molecule has 1 aromatic carbocycles. The fourth-order valence-corrected chi connectivity index (χ4v) is 3.28. The van der Waals surface area contributed by atoms with Gasteiger partial charge >= 0.3 is 5.69 Å². The van der Waals surface area contributed by atoms with E-state index in [1.165, 1.54) is 19.2 Å². The first-order chi connectivity index (χ1) is 13.5. The van der Waals surface area contributed by atoms with Crippen LogP contribution in [0.25, 0.3) is 0 Å². The van der Waals surface area contributed by atoms with Crippen molar-refractivity contribution < 1.29 is 9.72 Å². The van der Waals surface area contributed by atoms with Crippen LogP contribution in [0, 0.1) is 10.1 Å². The number of anilines is 2. The summed E-state index contributed by atoms with van der Waals surface area (Å²) in [6.07, 6.45) is 7.62. The third kappa shape index (κ3) is 5.07. The summed E-state index contributed by atoms with van der Waals surface area (Å²) < 4.78 is 0. The van der Waals surface area contributed by atoms with E-state index in [4.69, 9.17) is 11.6 Å². The van der Waals surface area contributed by atoms with E-state index in [-0.39, 0.29) is 23.4 Å². The second-order valence-corrected chi connectivity index (χ2v) is 7.03. The van der Waals surface area contributed by atoms with E-state index in [1.807, 2.05) is 0 Å². The largest absolute Gasteiger partial charge is 0.361 e. The van der Waals surface area contributed by atoms with E-state index in [0.717, 1.165) is 25.7 Å². The third-order valence-electron chi connectivity index (χ3n) is 4.60. The Balaban J connectivity index is 1.74. The van der Waals surface area contributed by atoms with Gasteiger partial charge in [0.2, 0.25) is 11.6 Å². The van der Waals surface area contributed by atoms with Crippen molar-refractivity contribution in [2.45, 2.75) is 44.6 Å². The van der Waals surface area contributed by atoms with Crippen LogP contribution in [0.1, 0.15) is 48.9 Å². The maximum atomic E-state index is 12.2. The molecular weight excluding hydrogens is 384 g/mol. The van der Waals surface area contributed by atoms with Gasteiger partial charge in [0, 0.05) is 16.6 Å². The van der Waals surface area contributed by atoms with Crippen LogP contribution in [-0.2, 0) is 0 Å². The van der Waals surface area contributed by atoms with Gasteiger partial charge in [0.15, 0.2) is 0 Å². The van der Waals surface area contributed by atoms with Gasteiger partial charge in [0.1, 0.15) is 6.33 Å². The van der Waals surface area contributed by atoms with E-state index in [2.05, 4.69) is 26.1 Å². The number of benzene rings is 1. The molecule has 9 nitrogen and oxygen atoms in total. The van der Waals surface area contributed by atoms with Gasteiger partial charge in [-0.2, -0.15) is 0 Å². The highest BCUT2D eigenvalue weighted by Crippen LogP contribution is 2.30. The summed E-state index contributed by atoms with van der Waals surface area (Å²) in [5, 5.41) is 15.3. The number of halogens is 1. The number of hydrogen-bond acceptors (Lipinski definition) is 7. The van der Waals surface area contributed by atoms with Crippen molar-refractivity contribution in [1.82, 2.24) is 15.4 Å². The Hall–Kier alpha value is -2.94. The van der Waals surface area contributed by atoms with Gasteiger partial charge < -0.3 is 5.32 Å². The van der Waals surface area contributed by atoms with Crippen LogP contribution in [0.2, 0.25) is 5.02 Å². The average molecular weight is 405 g/mol. The number of nitrogens with zero attached hydrogens (tertiary/aromatic N) is 3. The number of hydrogen-bond donors (Lipinski definition) is 3. The lowest BCUT2D eigenvalue weighted by Crippen LogP contribution is -2.30. The Morgan fingerprint density at radius 1 is 1.07 bits per heavy atom. The van der Waals surface area contributed by atoms with Crippen molar-refractivity contribution in [2.24, 2.45) is 0 Å². The molecule has 3 rings (SSSR count). The Kier molecular flexibility index (Phi) is 6.59. The maximum absolute atomic E-state index is 12.2. The molecule has 28 heavy (non-hydrogen) atoms. The van der Waals surface area contributed by atoms with E-state index in [1.54, 1.807) is 24.3 Å². The Morgan fingerprint density at radius 2 is 1.71 bits per heavy atom. The second kappa shape index (κ2) is 9.32. The highest BCUT2D eigenvalue weighted by Gasteiger charge is 2.25. The van der Waals surface area contributed by atoms with Gasteiger partial charge in [-0.3, -0.25) is 25.8 Å². The zero-order chi connectivity index (χ0) is 19.9. The molecule has 1 aromatic heterocycles. The van der Waals surface area contributed by atoms with Crippen molar-refractivity contribution in [2.75, 3.05) is 10.7 Å². The fourth-order valence-electron chi connectivity index (χ4n) is 3.16. The summed E-state index contributed by atoms with van der Waals surface area (Å²) in [4.78, 5) is 31.2. The Bertz CT molecular complexity index is 838. The SMILES string of the molecule is O=C(NNc1ncnc(NC2CCCCCC2)c1[N+](=O)[O-])c1ccc(Cl)cc1. The monoisotopic (exact) mass is 404 g/mol. The van der Waals surface area contributed by atoms with Crippen LogP contribution < -0.4 is 16.2 Å². The highest BCUT2D eigenvalue weighted by molar-refractivity contribution is 6.30. The standard InChI is InChI=1S/C18H21ClN6O3/c19-13-9-7-12(8-10-13)18(26)24-23-17-15(25(27)28)16(20-11-21-17)22-14-5-3-1-2-4-6-14/h7-11,14H,1-6H2,(H,24,26)(H2,20,21,22,23). The predicted molar refractivity (Wildman–Crippen MR) is 106 cm³/mol. The second-order valence-electron chi connectivity index (χ2n) is 6.60. The molecule has 0 atom stereocenters. The van der Waals surface area contributed by atoms with E-state index in [0.29, 0.717) is 10.6 Å². The first-order valence-electron chi connectivity index (χ1n) is 9.12. The number of carbonyl (C=O) groups is 1. The zero-order valence-electron chi connectivity index (χ0n) is 15.2. The molecule has 0 saturated heterocycles. The van der Waals surface area contributed by atoms with E-state index >= 15 is 0 Å². The summed E-state index contributed by atoms with van der Waals surface area (Å²) in [7, 11) is 0. The summed E-state index contributed by atoms with van der Waals surface area (Å²) >= 11 is 5.81. The maximum Gasteiger partial charge on any atom is 0.354 e. The zero-order valence-corrected chi connectivity index (χ0v) is 15.9. The van der Waals surface area contributed by atoms with Crippen LogP contribution in [0.5, 0.6) is 0 Å². The summed E-state index contributed by atoms with van der Waals surface area (Å²) in [6, 6.07) is 6.39. The molecule has 0 bridgehead atoms. The Morgan fingerprint density at radius 3 is 2.36 bits per heavy atom. The molecule has 3 N–H and O–H groups in total. The van der Waals surface area contributed by atoms with Crippen LogP contribution in [0.15, 0.2) is 30.6 Å². The number of aromatic nitrogens is 2. The molecule has 1 amide bonds. The third-order valence-corrected chi connectivity index (χ3v) is 4.85. The molecule has 1 saturated carbocycles. The molecular formula is C18H21ClN6O3. The molecule has 0 spiro atoms. The normalized spacial score (nSPS) is 14.8. The summed E-state index contributed by atoms with van der Waals surface area (Å²) in [5.41, 5.74) is 5.00. The van der Waals surface area contributed by atoms with Crippen molar-refractivity contribution in [3.63, 3.8) is 0 Å².